The van der Waals surface area contributed by atoms with Gasteiger partial charge in [-0.3, -0.25) is 14.2 Å². The summed E-state index contributed by atoms with van der Waals surface area (Å²) in [7, 11) is 0. The summed E-state index contributed by atoms with van der Waals surface area (Å²) in [6.45, 7) is 4.22. The van der Waals surface area contributed by atoms with Gasteiger partial charge in [0.2, 0.25) is 0 Å². The molecule has 0 radical (unpaired) electrons. The highest BCUT2D eigenvalue weighted by Crippen LogP contribution is 2.18. The molecule has 0 aliphatic rings. The topological polar surface area (TPSA) is 52.0 Å². The number of carbonyl (C=O) groups is 1. The molecule has 1 aromatic heterocycles. The van der Waals surface area contributed by atoms with Crippen LogP contribution in [0.4, 0.5) is 4.39 Å². The fourth-order valence-corrected chi connectivity index (χ4v) is 3.36. The van der Waals surface area contributed by atoms with E-state index < -0.39 is 5.82 Å². The lowest BCUT2D eigenvalue weighted by atomic mass is 10.0. The van der Waals surface area contributed by atoms with Crippen molar-refractivity contribution in [3.8, 4) is 5.69 Å². The van der Waals surface area contributed by atoms with E-state index in [0.717, 1.165) is 17.4 Å². The van der Waals surface area contributed by atoms with Crippen LogP contribution < -0.4 is 5.56 Å². The Kier molecular flexibility index (Phi) is 5.86. The molecule has 0 amide bonds. The first-order valence-corrected chi connectivity index (χ1v) is 9.54. The number of aromatic nitrogens is 2. The Labute approximate surface area is 161 Å². The third kappa shape index (κ3) is 4.52. The van der Waals surface area contributed by atoms with Crippen molar-refractivity contribution in [2.75, 3.05) is 5.75 Å². The minimum Gasteiger partial charge on any atom is -0.293 e. The SMILES string of the molecule is CC(C)c1ccc(-n2ccnc(SCC(=O)c3ccc(F)cc3)c2=O)cc1. The summed E-state index contributed by atoms with van der Waals surface area (Å²) in [5.41, 5.74) is 2.08. The smallest absolute Gasteiger partial charge is 0.287 e. The molecule has 0 atom stereocenters. The Hall–Kier alpha value is -2.73. The normalized spacial score (nSPS) is 11.0. The monoisotopic (exact) mass is 382 g/mol. The van der Waals surface area contributed by atoms with Crippen molar-refractivity contribution in [1.82, 2.24) is 9.55 Å². The Bertz CT molecular complexity index is 996. The number of benzene rings is 2. The van der Waals surface area contributed by atoms with Gasteiger partial charge in [-0.15, -0.1) is 0 Å². The number of hydrogen-bond donors (Lipinski definition) is 0. The van der Waals surface area contributed by atoms with E-state index in [4.69, 9.17) is 0 Å². The molecular formula is C21H19FN2O2S. The van der Waals surface area contributed by atoms with Crippen LogP contribution in [-0.4, -0.2) is 21.1 Å². The molecule has 0 aliphatic heterocycles. The average molecular weight is 382 g/mol. The highest BCUT2D eigenvalue weighted by molar-refractivity contribution is 7.99. The van der Waals surface area contributed by atoms with Crippen LogP contribution in [0.15, 0.2) is 70.7 Å². The molecule has 1 heterocycles. The molecule has 2 aromatic carbocycles. The number of thioether (sulfide) groups is 1. The van der Waals surface area contributed by atoms with Crippen LogP contribution in [0.2, 0.25) is 0 Å². The van der Waals surface area contributed by atoms with Crippen molar-refractivity contribution in [2.45, 2.75) is 24.8 Å². The first-order valence-electron chi connectivity index (χ1n) is 8.55. The predicted molar refractivity (Wildman–Crippen MR) is 105 cm³/mol. The molecule has 0 aliphatic carbocycles. The molecule has 0 N–H and O–H groups in total. The summed E-state index contributed by atoms with van der Waals surface area (Å²) >= 11 is 1.08. The minimum atomic E-state index is -0.393. The fraction of sp³-hybridized carbons (Fsp3) is 0.190. The van der Waals surface area contributed by atoms with Crippen molar-refractivity contribution in [1.29, 1.82) is 0 Å². The molecule has 6 heteroatoms. The van der Waals surface area contributed by atoms with E-state index in [0.29, 0.717) is 11.5 Å². The number of hydrogen-bond acceptors (Lipinski definition) is 4. The van der Waals surface area contributed by atoms with E-state index >= 15 is 0 Å². The zero-order chi connectivity index (χ0) is 19.4. The van der Waals surface area contributed by atoms with Crippen molar-refractivity contribution in [2.24, 2.45) is 0 Å². The number of rotatable bonds is 6. The molecule has 0 unspecified atom stereocenters. The highest BCUT2D eigenvalue weighted by Gasteiger charge is 2.12. The number of halogens is 1. The Morgan fingerprint density at radius 2 is 1.78 bits per heavy atom. The molecule has 3 rings (SSSR count). The Balaban J connectivity index is 1.77. The third-order valence-electron chi connectivity index (χ3n) is 4.15. The van der Waals surface area contributed by atoms with Crippen LogP contribution in [0.5, 0.6) is 0 Å². The third-order valence-corrected chi connectivity index (χ3v) is 5.11. The van der Waals surface area contributed by atoms with Crippen molar-refractivity contribution < 1.29 is 9.18 Å². The molecule has 3 aromatic rings. The molecule has 0 saturated heterocycles. The number of Topliss-reactive ketones (excluding diaryl/α,β-unsaturated/α-hetero) is 1. The van der Waals surface area contributed by atoms with Gasteiger partial charge < -0.3 is 0 Å². The van der Waals surface area contributed by atoms with Gasteiger partial charge in [0.05, 0.1) is 5.75 Å². The van der Waals surface area contributed by atoms with Crippen molar-refractivity contribution in [3.05, 3.63) is 88.2 Å². The quantitative estimate of drug-likeness (QED) is 0.466. The fourth-order valence-electron chi connectivity index (χ4n) is 2.57. The maximum atomic E-state index is 13.0. The lowest BCUT2D eigenvalue weighted by Gasteiger charge is -2.10. The van der Waals surface area contributed by atoms with Gasteiger partial charge in [-0.05, 0) is 47.9 Å². The van der Waals surface area contributed by atoms with Gasteiger partial charge in [0, 0.05) is 23.6 Å². The second-order valence-electron chi connectivity index (χ2n) is 6.37. The summed E-state index contributed by atoms with van der Waals surface area (Å²) in [6.07, 6.45) is 3.15. The van der Waals surface area contributed by atoms with Crippen LogP contribution in [0, 0.1) is 5.82 Å². The van der Waals surface area contributed by atoms with Gasteiger partial charge in [0.1, 0.15) is 5.82 Å². The maximum Gasteiger partial charge on any atom is 0.287 e. The number of carbonyl (C=O) groups excluding carboxylic acids is 1. The summed E-state index contributed by atoms with van der Waals surface area (Å²) in [5, 5.41) is 0.251. The highest BCUT2D eigenvalue weighted by atomic mass is 32.2. The van der Waals surface area contributed by atoms with Crippen molar-refractivity contribution >= 4 is 17.5 Å². The van der Waals surface area contributed by atoms with E-state index in [-0.39, 0.29) is 22.1 Å². The van der Waals surface area contributed by atoms with Crippen LogP contribution in [0.1, 0.15) is 35.7 Å². The molecular weight excluding hydrogens is 363 g/mol. The van der Waals surface area contributed by atoms with Gasteiger partial charge in [-0.25, -0.2) is 9.37 Å². The lowest BCUT2D eigenvalue weighted by molar-refractivity contribution is 0.102. The van der Waals surface area contributed by atoms with Crippen molar-refractivity contribution in [3.63, 3.8) is 0 Å². The average Bonchev–Trinajstić information content (AvgIpc) is 2.67. The zero-order valence-corrected chi connectivity index (χ0v) is 15.9. The van der Waals surface area contributed by atoms with E-state index in [2.05, 4.69) is 18.8 Å². The van der Waals surface area contributed by atoms with Crippen LogP contribution >= 0.6 is 11.8 Å². The second kappa shape index (κ2) is 8.31. The first kappa shape index (κ1) is 19.0. The standard InChI is InChI=1S/C21H19FN2O2S/c1-14(2)15-5-9-18(10-6-15)24-12-11-23-20(21(24)26)27-13-19(25)16-3-7-17(22)8-4-16/h3-12,14H,13H2,1-2H3. The van der Waals surface area contributed by atoms with Gasteiger partial charge in [0.25, 0.3) is 5.56 Å². The first-order chi connectivity index (χ1) is 13.0. The largest absolute Gasteiger partial charge is 0.293 e. The van der Waals surface area contributed by atoms with Crippen LogP contribution in [0.25, 0.3) is 5.69 Å². The van der Waals surface area contributed by atoms with E-state index in [1.807, 2.05) is 24.3 Å². The molecule has 0 saturated carbocycles. The molecule has 138 valence electrons. The summed E-state index contributed by atoms with van der Waals surface area (Å²) in [5.74, 6) is -0.102. The minimum absolute atomic E-state index is 0.0597. The molecule has 0 fully saturated rings. The second-order valence-corrected chi connectivity index (χ2v) is 7.34. The van der Waals surface area contributed by atoms with E-state index in [1.165, 1.54) is 34.4 Å². The van der Waals surface area contributed by atoms with Gasteiger partial charge in [-0.2, -0.15) is 0 Å². The van der Waals surface area contributed by atoms with E-state index in [9.17, 15) is 14.0 Å². The zero-order valence-electron chi connectivity index (χ0n) is 15.1. The Morgan fingerprint density at radius 1 is 1.11 bits per heavy atom. The predicted octanol–water partition coefficient (Wildman–Crippen LogP) is 4.47. The van der Waals surface area contributed by atoms with Gasteiger partial charge >= 0.3 is 0 Å². The van der Waals surface area contributed by atoms with Crippen LogP contribution in [-0.2, 0) is 0 Å². The number of nitrogens with zero attached hydrogens (tertiary/aromatic N) is 2. The van der Waals surface area contributed by atoms with Gasteiger partial charge in [0.15, 0.2) is 10.8 Å². The summed E-state index contributed by atoms with van der Waals surface area (Å²) in [4.78, 5) is 29.0. The van der Waals surface area contributed by atoms with Crippen LogP contribution in [0.3, 0.4) is 0 Å². The maximum absolute atomic E-state index is 13.0. The van der Waals surface area contributed by atoms with Gasteiger partial charge in [-0.1, -0.05) is 37.7 Å². The van der Waals surface area contributed by atoms with E-state index in [1.54, 1.807) is 12.4 Å². The molecule has 0 spiro atoms. The summed E-state index contributed by atoms with van der Waals surface area (Å²) < 4.78 is 14.5. The summed E-state index contributed by atoms with van der Waals surface area (Å²) in [6, 6.07) is 13.1. The number of ketones is 1. The molecule has 27 heavy (non-hydrogen) atoms. The lowest BCUT2D eigenvalue weighted by Crippen LogP contribution is -2.21. The Morgan fingerprint density at radius 3 is 2.41 bits per heavy atom. The molecule has 4 nitrogen and oxygen atoms in total. The molecule has 0 bridgehead atoms.